The first kappa shape index (κ1) is 15.1. The second kappa shape index (κ2) is 6.87. The van der Waals surface area contributed by atoms with Crippen molar-refractivity contribution in [3.63, 3.8) is 0 Å². The average Bonchev–Trinajstić information content (AvgIpc) is 2.35. The molecule has 0 saturated carbocycles. The van der Waals surface area contributed by atoms with Crippen molar-refractivity contribution in [2.24, 2.45) is 0 Å². The second-order valence-corrected chi connectivity index (χ2v) is 4.26. The maximum Gasteiger partial charge on any atom is 0.339 e. The number of para-hydroxylation sites is 1. The lowest BCUT2D eigenvalue weighted by Crippen LogP contribution is -1.95. The van der Waals surface area contributed by atoms with Gasteiger partial charge in [-0.3, -0.25) is 0 Å². The molecule has 4 nitrogen and oxygen atoms in total. The molecule has 2 aromatic carbocycles. The third-order valence-corrected chi connectivity index (χ3v) is 2.60. The molecule has 100 valence electrons. The molecule has 0 aliphatic heterocycles. The molecular weight excluding hydrogens is 291 g/mol. The van der Waals surface area contributed by atoms with E-state index in [1.165, 1.54) is 18.2 Å². The molecule has 0 heterocycles. The number of hydrogen-bond donors (Lipinski definition) is 3. The second-order valence-electron chi connectivity index (χ2n) is 3.42. The normalized spacial score (nSPS) is 9.37. The number of hydrogen-bond acceptors (Lipinski definition) is 3. The largest absolute Gasteiger partial charge is 0.507 e. The van der Waals surface area contributed by atoms with Gasteiger partial charge in [-0.25, -0.2) is 4.79 Å². The van der Waals surface area contributed by atoms with Crippen LogP contribution in [-0.4, -0.2) is 21.3 Å². The lowest BCUT2D eigenvalue weighted by atomic mass is 10.2. The van der Waals surface area contributed by atoms with Crippen LogP contribution < -0.4 is 0 Å². The van der Waals surface area contributed by atoms with Crippen LogP contribution >= 0.6 is 23.2 Å². The lowest BCUT2D eigenvalue weighted by Gasteiger charge is -1.95. The number of aromatic hydroxyl groups is 2. The predicted molar refractivity (Wildman–Crippen MR) is 73.2 cm³/mol. The van der Waals surface area contributed by atoms with Crippen LogP contribution in [0.15, 0.2) is 42.5 Å². The molecule has 0 aromatic heterocycles. The van der Waals surface area contributed by atoms with Gasteiger partial charge in [0.05, 0.1) is 5.02 Å². The lowest BCUT2D eigenvalue weighted by molar-refractivity contribution is 0.0693. The van der Waals surface area contributed by atoms with Gasteiger partial charge < -0.3 is 15.3 Å². The standard InChI is InChI=1S/C7H6O3.C6H4Cl2O/c8-6-4-2-1-3-5(6)7(9)10;7-4-1-2-5(8)6(9)3-4/h1-4,8H,(H,9,10);1-3,9H. The Morgan fingerprint density at radius 2 is 1.58 bits per heavy atom. The summed E-state index contributed by atoms with van der Waals surface area (Å²) in [5.74, 6) is -1.29. The van der Waals surface area contributed by atoms with Crippen molar-refractivity contribution in [3.8, 4) is 11.5 Å². The molecule has 0 atom stereocenters. The SMILES string of the molecule is O=C(O)c1ccccc1O.Oc1cc(Cl)ccc1Cl. The van der Waals surface area contributed by atoms with Gasteiger partial charge in [-0.15, -0.1) is 0 Å². The maximum absolute atomic E-state index is 10.3. The molecule has 0 spiro atoms. The zero-order chi connectivity index (χ0) is 14.4. The molecule has 2 rings (SSSR count). The van der Waals surface area contributed by atoms with E-state index in [2.05, 4.69) is 0 Å². The van der Waals surface area contributed by atoms with E-state index < -0.39 is 5.97 Å². The van der Waals surface area contributed by atoms with E-state index in [4.69, 9.17) is 38.5 Å². The van der Waals surface area contributed by atoms with E-state index in [0.717, 1.165) is 0 Å². The van der Waals surface area contributed by atoms with Gasteiger partial charge in [0.25, 0.3) is 0 Å². The highest BCUT2D eigenvalue weighted by Crippen LogP contribution is 2.25. The highest BCUT2D eigenvalue weighted by Gasteiger charge is 2.05. The Balaban J connectivity index is 0.000000191. The third-order valence-electron chi connectivity index (χ3n) is 2.04. The first-order valence-electron chi connectivity index (χ1n) is 5.07. The van der Waals surface area contributed by atoms with Crippen molar-refractivity contribution < 1.29 is 20.1 Å². The number of carbonyl (C=O) groups is 1. The van der Waals surface area contributed by atoms with E-state index in [0.29, 0.717) is 10.0 Å². The van der Waals surface area contributed by atoms with Crippen molar-refractivity contribution in [3.05, 3.63) is 58.1 Å². The number of phenolic OH excluding ortho intramolecular Hbond substituents is 1. The van der Waals surface area contributed by atoms with Crippen LogP contribution in [0.3, 0.4) is 0 Å². The van der Waals surface area contributed by atoms with Gasteiger partial charge in [-0.1, -0.05) is 35.3 Å². The third kappa shape index (κ3) is 4.69. The Labute approximate surface area is 119 Å². The highest BCUT2D eigenvalue weighted by molar-refractivity contribution is 6.34. The molecule has 3 N–H and O–H groups in total. The summed E-state index contributed by atoms with van der Waals surface area (Å²) in [6.45, 7) is 0. The number of carboxylic acids is 1. The van der Waals surface area contributed by atoms with Crippen LogP contribution in [0, 0.1) is 0 Å². The summed E-state index contributed by atoms with van der Waals surface area (Å²) in [5, 5.41) is 27.0. The van der Waals surface area contributed by atoms with E-state index in [-0.39, 0.29) is 17.1 Å². The summed E-state index contributed by atoms with van der Waals surface area (Å²) in [4.78, 5) is 10.3. The van der Waals surface area contributed by atoms with Gasteiger partial charge in [0, 0.05) is 11.1 Å². The minimum absolute atomic E-state index is 0.0177. The Kier molecular flexibility index (Phi) is 5.48. The Bertz CT molecular complexity index is 585. The zero-order valence-corrected chi connectivity index (χ0v) is 11.1. The van der Waals surface area contributed by atoms with Gasteiger partial charge >= 0.3 is 5.97 Å². The molecule has 19 heavy (non-hydrogen) atoms. The summed E-state index contributed by atoms with van der Waals surface area (Å²) < 4.78 is 0. The molecule has 2 aromatic rings. The summed E-state index contributed by atoms with van der Waals surface area (Å²) in [7, 11) is 0. The molecule has 0 aliphatic rings. The predicted octanol–water partition coefficient (Wildman–Crippen LogP) is 3.79. The molecule has 0 unspecified atom stereocenters. The number of rotatable bonds is 1. The highest BCUT2D eigenvalue weighted by atomic mass is 35.5. The molecule has 0 aliphatic carbocycles. The number of phenols is 2. The number of benzene rings is 2. The average molecular weight is 301 g/mol. The molecule has 0 amide bonds. The first-order chi connectivity index (χ1) is 8.91. The zero-order valence-electron chi connectivity index (χ0n) is 9.55. The van der Waals surface area contributed by atoms with Crippen LogP contribution in [-0.2, 0) is 0 Å². The summed E-state index contributed by atoms with van der Waals surface area (Å²) in [6, 6.07) is 10.4. The number of halogens is 2. The Morgan fingerprint density at radius 1 is 0.947 bits per heavy atom. The first-order valence-corrected chi connectivity index (χ1v) is 5.82. The summed E-state index contributed by atoms with van der Waals surface area (Å²) in [5.41, 5.74) is -0.0671. The van der Waals surface area contributed by atoms with Crippen molar-refractivity contribution in [2.45, 2.75) is 0 Å². The summed E-state index contributed by atoms with van der Waals surface area (Å²) >= 11 is 11.0. The van der Waals surface area contributed by atoms with E-state index >= 15 is 0 Å². The number of aromatic carboxylic acids is 1. The van der Waals surface area contributed by atoms with E-state index in [1.807, 2.05) is 0 Å². The Hall–Kier alpha value is -1.91. The fraction of sp³-hybridized carbons (Fsp3) is 0. The molecule has 0 saturated heterocycles. The quantitative estimate of drug-likeness (QED) is 0.749. The molecule has 0 fully saturated rings. The van der Waals surface area contributed by atoms with Gasteiger partial charge in [0.2, 0.25) is 0 Å². The summed E-state index contributed by atoms with van der Waals surface area (Å²) in [6.07, 6.45) is 0. The maximum atomic E-state index is 10.3. The van der Waals surface area contributed by atoms with E-state index in [1.54, 1.807) is 24.3 Å². The van der Waals surface area contributed by atoms with Crippen molar-refractivity contribution in [2.75, 3.05) is 0 Å². The molecular formula is C13H10Cl2O4. The molecule has 0 bridgehead atoms. The monoisotopic (exact) mass is 300 g/mol. The van der Waals surface area contributed by atoms with Gasteiger partial charge in [-0.2, -0.15) is 0 Å². The van der Waals surface area contributed by atoms with Crippen molar-refractivity contribution in [1.82, 2.24) is 0 Å². The van der Waals surface area contributed by atoms with Crippen molar-refractivity contribution in [1.29, 1.82) is 0 Å². The fourth-order valence-electron chi connectivity index (χ4n) is 1.14. The van der Waals surface area contributed by atoms with Gasteiger partial charge in [0.15, 0.2) is 0 Å². The fourth-order valence-corrected chi connectivity index (χ4v) is 1.42. The smallest absolute Gasteiger partial charge is 0.339 e. The van der Waals surface area contributed by atoms with Crippen LogP contribution in [0.2, 0.25) is 10.0 Å². The van der Waals surface area contributed by atoms with Crippen LogP contribution in [0.5, 0.6) is 11.5 Å². The number of carboxylic acid groups (broad SMARTS) is 1. The topological polar surface area (TPSA) is 77.8 Å². The van der Waals surface area contributed by atoms with Gasteiger partial charge in [0.1, 0.15) is 17.1 Å². The van der Waals surface area contributed by atoms with Gasteiger partial charge in [-0.05, 0) is 24.3 Å². The molecule has 6 heteroatoms. The van der Waals surface area contributed by atoms with Crippen LogP contribution in [0.25, 0.3) is 0 Å². The van der Waals surface area contributed by atoms with Crippen LogP contribution in [0.1, 0.15) is 10.4 Å². The molecule has 0 radical (unpaired) electrons. The minimum Gasteiger partial charge on any atom is -0.507 e. The van der Waals surface area contributed by atoms with Crippen molar-refractivity contribution >= 4 is 29.2 Å². The van der Waals surface area contributed by atoms with Crippen LogP contribution in [0.4, 0.5) is 0 Å². The van der Waals surface area contributed by atoms with E-state index in [9.17, 15) is 4.79 Å². The minimum atomic E-state index is -1.11. The Morgan fingerprint density at radius 3 is 2.00 bits per heavy atom.